The minimum atomic E-state index is -1.30. The Bertz CT molecular complexity index is 23.0. The van der Waals surface area contributed by atoms with Crippen molar-refractivity contribution in [3.8, 4) is 0 Å². The molecule has 0 aromatic carbocycles. The Morgan fingerprint density at radius 2 is 0.833 bits per heavy atom. The molecule has 0 heterocycles. The molecule has 0 aromatic heterocycles. The van der Waals surface area contributed by atoms with Gasteiger partial charge in [-0.15, -0.1) is 0 Å². The van der Waals surface area contributed by atoms with Crippen LogP contribution in [0.5, 0.6) is 0 Å². The third kappa shape index (κ3) is 25.1. The van der Waals surface area contributed by atoms with Crippen LogP contribution in [0.1, 0.15) is 0 Å². The van der Waals surface area contributed by atoms with Gasteiger partial charge in [0.25, 0.3) is 0 Å². The Morgan fingerprint density at radius 1 is 0.833 bits per heavy atom. The molecule has 0 saturated carbocycles. The number of hydrogen-bond donors (Lipinski definition) is 0. The van der Waals surface area contributed by atoms with Gasteiger partial charge in [-0.3, -0.25) is 0 Å². The van der Waals surface area contributed by atoms with E-state index >= 15 is 0 Å². The number of rotatable bonds is 0. The third-order valence-corrected chi connectivity index (χ3v) is 0. The second-order valence-corrected chi connectivity index (χ2v) is 114. The maximum atomic E-state index is 2.55. The van der Waals surface area contributed by atoms with E-state index < -0.39 is 3.51 Å². The van der Waals surface area contributed by atoms with Crippen molar-refractivity contribution in [1.29, 1.82) is 0 Å². The molecule has 0 fully saturated rings. The molecule has 0 radical (unpaired) electrons. The zero-order chi connectivity index (χ0) is 4.50. The number of hydrogen-bond acceptors (Lipinski definition) is 0. The summed E-state index contributed by atoms with van der Waals surface area (Å²) in [7, 11) is 0. The van der Waals surface area contributed by atoms with E-state index in [-0.39, 0.29) is 5.48 Å². The summed E-state index contributed by atoms with van der Waals surface area (Å²) in [4.78, 5) is 0. The van der Waals surface area contributed by atoms with Gasteiger partial charge in [0.05, 0.1) is 0 Å². The summed E-state index contributed by atoms with van der Waals surface area (Å²) in [5, 5.41) is 0. The van der Waals surface area contributed by atoms with Gasteiger partial charge in [-0.2, -0.15) is 0 Å². The Balaban J connectivity index is 0. The first kappa shape index (κ1) is 12.4. The standard InChI is InChI=1S/4HI.H2O.Zr/h4*1H;1H2;/q;;;;;+4/p-4. The van der Waals surface area contributed by atoms with Crippen LogP contribution in [0.25, 0.3) is 0 Å². The van der Waals surface area contributed by atoms with Gasteiger partial charge in [0.1, 0.15) is 0 Å². The molecule has 0 bridgehead atoms. The van der Waals surface area contributed by atoms with Gasteiger partial charge >= 0.3 is 75.7 Å². The van der Waals surface area contributed by atoms with Crippen molar-refractivity contribution < 1.29 is 8.98 Å². The first-order valence-corrected chi connectivity index (χ1v) is 30.0. The SMILES string of the molecule is O.[I][Zr]([I])([I])[I]. The molecule has 0 unspecified atom stereocenters. The molecular formula is H2I4OZr. The van der Waals surface area contributed by atoms with Crippen molar-refractivity contribution in [1.82, 2.24) is 0 Å². The van der Waals surface area contributed by atoms with Gasteiger partial charge in [0, 0.05) is 0 Å². The Labute approximate surface area is 78.2 Å². The monoisotopic (exact) mass is 616 g/mol. The van der Waals surface area contributed by atoms with Gasteiger partial charge in [0.2, 0.25) is 0 Å². The summed E-state index contributed by atoms with van der Waals surface area (Å²) >= 11 is 10.2. The van der Waals surface area contributed by atoms with Gasteiger partial charge in [-0.1, -0.05) is 0 Å². The molecular weight excluding hydrogens is 615 g/mol. The summed E-state index contributed by atoms with van der Waals surface area (Å²) < 4.78 is -1.30. The zero-order valence-corrected chi connectivity index (χ0v) is 13.6. The fourth-order valence-corrected chi connectivity index (χ4v) is 0. The topological polar surface area (TPSA) is 31.5 Å². The molecule has 0 aliphatic carbocycles. The van der Waals surface area contributed by atoms with Gasteiger partial charge in [0.15, 0.2) is 0 Å². The summed E-state index contributed by atoms with van der Waals surface area (Å²) in [6.07, 6.45) is 0. The molecule has 6 heteroatoms. The molecule has 0 rings (SSSR count). The molecule has 0 atom stereocenters. The summed E-state index contributed by atoms with van der Waals surface area (Å²) in [5.74, 6) is 0. The predicted octanol–water partition coefficient (Wildman–Crippen LogP) is 2.72. The van der Waals surface area contributed by atoms with Crippen LogP contribution in [0.3, 0.4) is 0 Å². The maximum absolute atomic E-state index is 2.55. The first-order valence-electron chi connectivity index (χ1n) is 0.756. The Hall–Kier alpha value is 3.76. The minimum absolute atomic E-state index is 0. The van der Waals surface area contributed by atoms with E-state index in [1.54, 1.807) is 0 Å². The normalized spacial score (nSPS) is 10.0. The van der Waals surface area contributed by atoms with Gasteiger partial charge in [-0.05, 0) is 0 Å². The van der Waals surface area contributed by atoms with Crippen molar-refractivity contribution in [3.63, 3.8) is 0 Å². The van der Waals surface area contributed by atoms with Crippen LogP contribution in [0, 0.1) is 0 Å². The molecule has 40 valence electrons. The van der Waals surface area contributed by atoms with Crippen LogP contribution in [0.15, 0.2) is 0 Å². The van der Waals surface area contributed by atoms with E-state index in [1.807, 2.05) is 0 Å². The molecule has 0 aromatic rings. The second kappa shape index (κ2) is 5.54. The molecule has 0 aliphatic heterocycles. The van der Waals surface area contributed by atoms with Gasteiger partial charge in [-0.25, -0.2) is 0 Å². The van der Waals surface area contributed by atoms with Crippen LogP contribution in [-0.2, 0) is 3.51 Å². The fourth-order valence-electron chi connectivity index (χ4n) is 0. The third-order valence-electron chi connectivity index (χ3n) is 0. The number of halogens is 4. The van der Waals surface area contributed by atoms with E-state index in [4.69, 9.17) is 0 Å². The van der Waals surface area contributed by atoms with Crippen LogP contribution in [-0.4, -0.2) is 5.48 Å². The van der Waals surface area contributed by atoms with E-state index in [9.17, 15) is 0 Å². The van der Waals surface area contributed by atoms with E-state index in [0.29, 0.717) is 0 Å². The van der Waals surface area contributed by atoms with E-state index in [1.165, 1.54) is 0 Å². The van der Waals surface area contributed by atoms with Gasteiger partial charge < -0.3 is 5.48 Å². The van der Waals surface area contributed by atoms with Crippen molar-refractivity contribution >= 4 is 72.2 Å². The molecule has 0 amide bonds. The average Bonchev–Trinajstić information content (AvgIpc) is 0.722. The molecule has 0 aliphatic rings. The Morgan fingerprint density at radius 3 is 0.833 bits per heavy atom. The Kier molecular flexibility index (Phi) is 11.5. The van der Waals surface area contributed by atoms with Crippen LogP contribution < -0.4 is 0 Å². The average molecular weight is 617 g/mol. The summed E-state index contributed by atoms with van der Waals surface area (Å²) in [5.41, 5.74) is 0. The molecule has 2 N–H and O–H groups in total. The van der Waals surface area contributed by atoms with Crippen molar-refractivity contribution in [2.24, 2.45) is 0 Å². The summed E-state index contributed by atoms with van der Waals surface area (Å²) in [6, 6.07) is 0. The predicted molar refractivity (Wildman–Crippen MR) is 59.7 cm³/mol. The fraction of sp³-hybridized carbons (Fsp3) is 0. The zero-order valence-electron chi connectivity index (χ0n) is 2.51. The molecule has 6 heavy (non-hydrogen) atoms. The molecule has 0 spiro atoms. The first-order chi connectivity index (χ1) is 2.00. The van der Waals surface area contributed by atoms with Crippen LogP contribution in [0.4, 0.5) is 0 Å². The molecule has 1 nitrogen and oxygen atoms in total. The van der Waals surface area contributed by atoms with E-state index in [2.05, 4.69) is 72.2 Å². The van der Waals surface area contributed by atoms with E-state index in [0.717, 1.165) is 0 Å². The van der Waals surface area contributed by atoms with Crippen molar-refractivity contribution in [2.45, 2.75) is 0 Å². The van der Waals surface area contributed by atoms with Crippen molar-refractivity contribution in [2.75, 3.05) is 0 Å². The van der Waals surface area contributed by atoms with Crippen LogP contribution >= 0.6 is 72.2 Å². The second-order valence-electron chi connectivity index (χ2n) is 0.429. The molecule has 0 saturated heterocycles. The van der Waals surface area contributed by atoms with Crippen molar-refractivity contribution in [3.05, 3.63) is 0 Å². The quantitative estimate of drug-likeness (QED) is 0.375. The summed E-state index contributed by atoms with van der Waals surface area (Å²) in [6.45, 7) is 0. The van der Waals surface area contributed by atoms with Crippen LogP contribution in [0.2, 0.25) is 0 Å².